The van der Waals surface area contributed by atoms with E-state index < -0.39 is 0 Å². The Morgan fingerprint density at radius 2 is 2.00 bits per heavy atom. The zero-order chi connectivity index (χ0) is 21.7. The summed E-state index contributed by atoms with van der Waals surface area (Å²) in [4.78, 5) is 19.2. The number of nitrogens with one attached hydrogen (secondary N) is 1. The summed E-state index contributed by atoms with van der Waals surface area (Å²) < 4.78 is 5.99. The van der Waals surface area contributed by atoms with E-state index in [4.69, 9.17) is 26.7 Å². The van der Waals surface area contributed by atoms with Gasteiger partial charge in [0.15, 0.2) is 0 Å². The van der Waals surface area contributed by atoms with Crippen molar-refractivity contribution in [3.05, 3.63) is 62.8 Å². The van der Waals surface area contributed by atoms with Crippen molar-refractivity contribution in [1.29, 1.82) is 0 Å². The monoisotopic (exact) mass is 451 g/mol. The highest BCUT2D eigenvalue weighted by Gasteiger charge is 2.27. The Balaban J connectivity index is 1.65. The van der Waals surface area contributed by atoms with Gasteiger partial charge in [0.05, 0.1) is 5.69 Å². The van der Waals surface area contributed by atoms with Crippen molar-refractivity contribution in [2.45, 2.75) is 39.5 Å². The maximum Gasteiger partial charge on any atom is 0.267 e. The number of hydrogen-bond acceptors (Lipinski definition) is 5. The molecule has 1 amide bonds. The minimum absolute atomic E-state index is 0.264. The fourth-order valence-electron chi connectivity index (χ4n) is 4.18. The molecule has 3 N–H and O–H groups in total. The van der Waals surface area contributed by atoms with Gasteiger partial charge >= 0.3 is 0 Å². The number of halogens is 1. The number of nitrogens with zero attached hydrogens (tertiary/aromatic N) is 1. The summed E-state index contributed by atoms with van der Waals surface area (Å²) in [5, 5.41) is 4.33. The third-order valence-corrected chi connectivity index (χ3v) is 7.28. The second-order valence-corrected chi connectivity index (χ2v) is 9.38. The maximum atomic E-state index is 13.1. The molecule has 0 atom stereocenters. The average Bonchev–Trinajstić information content (AvgIpc) is 3.32. The molecule has 0 saturated carbocycles. The van der Waals surface area contributed by atoms with E-state index in [1.54, 1.807) is 6.07 Å². The zero-order valence-electron chi connectivity index (χ0n) is 17.3. The first-order chi connectivity index (χ1) is 14.9. The fourth-order valence-corrected chi connectivity index (χ4v) is 5.37. The van der Waals surface area contributed by atoms with Gasteiger partial charge in [-0.05, 0) is 74.9 Å². The van der Waals surface area contributed by atoms with Gasteiger partial charge in [0.1, 0.15) is 21.2 Å². The summed E-state index contributed by atoms with van der Waals surface area (Å²) in [5.41, 5.74) is 11.9. The van der Waals surface area contributed by atoms with Crippen LogP contribution in [0.25, 0.3) is 21.5 Å². The number of aromatic nitrogens is 1. The molecule has 3 aromatic heterocycles. The maximum absolute atomic E-state index is 13.1. The molecular weight excluding hydrogens is 430 g/mol. The number of fused-ring (bicyclic) bond motifs is 2. The van der Waals surface area contributed by atoms with Crippen molar-refractivity contribution < 1.29 is 9.21 Å². The van der Waals surface area contributed by atoms with E-state index in [0.29, 0.717) is 21.3 Å². The molecule has 0 spiro atoms. The van der Waals surface area contributed by atoms with Crippen LogP contribution in [0.15, 0.2) is 34.7 Å². The predicted molar refractivity (Wildman–Crippen MR) is 127 cm³/mol. The lowest BCUT2D eigenvalue weighted by Crippen LogP contribution is -2.12. The van der Waals surface area contributed by atoms with Gasteiger partial charge in [-0.1, -0.05) is 17.7 Å². The largest absolute Gasteiger partial charge is 0.461 e. The lowest BCUT2D eigenvalue weighted by atomic mass is 9.89. The average molecular weight is 452 g/mol. The van der Waals surface area contributed by atoms with Gasteiger partial charge in [-0.15, -0.1) is 11.3 Å². The van der Waals surface area contributed by atoms with Gasteiger partial charge in [-0.25, -0.2) is 4.98 Å². The molecule has 4 aromatic rings. The molecule has 31 heavy (non-hydrogen) atoms. The van der Waals surface area contributed by atoms with E-state index in [-0.39, 0.29) is 5.91 Å². The summed E-state index contributed by atoms with van der Waals surface area (Å²) in [6.45, 7) is 3.85. The van der Waals surface area contributed by atoms with E-state index >= 15 is 0 Å². The van der Waals surface area contributed by atoms with E-state index in [1.807, 2.05) is 38.1 Å². The van der Waals surface area contributed by atoms with Gasteiger partial charge in [-0.3, -0.25) is 4.79 Å². The third-order valence-electron chi connectivity index (χ3n) is 5.78. The molecule has 3 heterocycles. The third kappa shape index (κ3) is 3.50. The Labute approximate surface area is 189 Å². The number of anilines is 2. The van der Waals surface area contributed by atoms with E-state index in [0.717, 1.165) is 64.2 Å². The Morgan fingerprint density at radius 1 is 1.19 bits per heavy atom. The van der Waals surface area contributed by atoms with Gasteiger partial charge in [0, 0.05) is 27.4 Å². The topological polar surface area (TPSA) is 81.2 Å². The first-order valence-corrected chi connectivity index (χ1v) is 11.5. The van der Waals surface area contributed by atoms with Crippen LogP contribution in [0.2, 0.25) is 5.02 Å². The second kappa shape index (κ2) is 7.70. The summed E-state index contributed by atoms with van der Waals surface area (Å²) in [6, 6.07) is 9.38. The van der Waals surface area contributed by atoms with Crippen molar-refractivity contribution in [2.75, 3.05) is 11.1 Å². The van der Waals surface area contributed by atoms with Crippen LogP contribution in [0.5, 0.6) is 0 Å². The van der Waals surface area contributed by atoms with Crippen LogP contribution in [-0.4, -0.2) is 10.9 Å². The van der Waals surface area contributed by atoms with Crippen molar-refractivity contribution in [2.24, 2.45) is 0 Å². The zero-order valence-corrected chi connectivity index (χ0v) is 18.9. The molecule has 1 aliphatic rings. The number of pyridine rings is 1. The van der Waals surface area contributed by atoms with Gasteiger partial charge in [-0.2, -0.15) is 0 Å². The lowest BCUT2D eigenvalue weighted by molar-refractivity contribution is 0.103. The number of carbonyl (C=O) groups excluding carboxylic acids is 1. The first-order valence-electron chi connectivity index (χ1n) is 10.3. The summed E-state index contributed by atoms with van der Waals surface area (Å²) >= 11 is 7.53. The molecule has 0 unspecified atom stereocenters. The molecule has 7 heteroatoms. The van der Waals surface area contributed by atoms with Crippen molar-refractivity contribution in [3.63, 3.8) is 0 Å². The fraction of sp³-hybridized carbons (Fsp3) is 0.250. The van der Waals surface area contributed by atoms with Crippen LogP contribution >= 0.6 is 22.9 Å². The lowest BCUT2D eigenvalue weighted by Gasteiger charge is -2.18. The Bertz CT molecular complexity index is 1340. The molecule has 158 valence electrons. The SMILES string of the molecule is Cc1ccc(-c2c3c(nc4sc(C(=O)Nc5ccc(C)c(Cl)c5)c(N)c24)CCCC3)o1. The Morgan fingerprint density at radius 3 is 2.74 bits per heavy atom. The van der Waals surface area contributed by atoms with E-state index in [1.165, 1.54) is 16.9 Å². The van der Waals surface area contributed by atoms with Crippen LogP contribution in [-0.2, 0) is 12.8 Å². The number of aryl methyl sites for hydroxylation is 3. The molecule has 5 nitrogen and oxygen atoms in total. The molecular formula is C24H22ClN3O2S. The Hall–Kier alpha value is -2.83. The molecule has 5 rings (SSSR count). The predicted octanol–water partition coefficient (Wildman–Crippen LogP) is 6.54. The van der Waals surface area contributed by atoms with Gasteiger partial charge in [0.25, 0.3) is 5.91 Å². The molecule has 1 aliphatic carbocycles. The number of rotatable bonds is 3. The molecule has 0 bridgehead atoms. The van der Waals surface area contributed by atoms with Crippen LogP contribution in [0.1, 0.15) is 45.1 Å². The minimum Gasteiger partial charge on any atom is -0.461 e. The van der Waals surface area contributed by atoms with Crippen molar-refractivity contribution in [1.82, 2.24) is 4.98 Å². The number of amides is 1. The highest BCUT2D eigenvalue weighted by atomic mass is 35.5. The molecule has 0 aliphatic heterocycles. The number of nitrogen functional groups attached to an aromatic ring is 1. The highest BCUT2D eigenvalue weighted by molar-refractivity contribution is 7.21. The summed E-state index contributed by atoms with van der Waals surface area (Å²) in [5.74, 6) is 1.36. The molecule has 0 fully saturated rings. The van der Waals surface area contributed by atoms with Crippen molar-refractivity contribution in [3.8, 4) is 11.3 Å². The molecule has 0 saturated heterocycles. The minimum atomic E-state index is -0.264. The smallest absolute Gasteiger partial charge is 0.267 e. The summed E-state index contributed by atoms with van der Waals surface area (Å²) in [6.07, 6.45) is 4.09. The highest BCUT2D eigenvalue weighted by Crippen LogP contribution is 2.44. The first kappa shape index (κ1) is 20.1. The standard InChI is InChI=1S/C24H22ClN3O2S/c1-12-7-9-14(11-16(12)25)27-23(29)22-21(26)20-19(18-10-8-13(2)30-18)15-5-3-4-6-17(15)28-24(20)31-22/h7-11H,3-6,26H2,1-2H3,(H,27,29). The number of thiophene rings is 1. The number of furan rings is 1. The Kier molecular flexibility index (Phi) is 4.99. The number of hydrogen-bond donors (Lipinski definition) is 2. The number of benzene rings is 1. The second-order valence-electron chi connectivity index (χ2n) is 7.97. The molecule has 0 radical (unpaired) electrons. The van der Waals surface area contributed by atoms with Crippen LogP contribution in [0.4, 0.5) is 11.4 Å². The van der Waals surface area contributed by atoms with E-state index in [9.17, 15) is 4.79 Å². The quantitative estimate of drug-likeness (QED) is 0.370. The van der Waals surface area contributed by atoms with Crippen LogP contribution in [0, 0.1) is 13.8 Å². The number of carbonyl (C=O) groups is 1. The normalized spacial score (nSPS) is 13.4. The summed E-state index contributed by atoms with van der Waals surface area (Å²) in [7, 11) is 0. The van der Waals surface area contributed by atoms with Crippen molar-refractivity contribution >= 4 is 50.4 Å². The van der Waals surface area contributed by atoms with E-state index in [2.05, 4.69) is 5.32 Å². The van der Waals surface area contributed by atoms with Crippen LogP contribution < -0.4 is 11.1 Å². The van der Waals surface area contributed by atoms with Gasteiger partial charge in [0.2, 0.25) is 0 Å². The number of nitrogens with two attached hydrogens (primary N) is 1. The molecule has 1 aromatic carbocycles. The van der Waals surface area contributed by atoms with Gasteiger partial charge < -0.3 is 15.5 Å². The van der Waals surface area contributed by atoms with Crippen LogP contribution in [0.3, 0.4) is 0 Å².